The average molecular weight is 412 g/mol. The van der Waals surface area contributed by atoms with Gasteiger partial charge in [0.2, 0.25) is 0 Å². The Morgan fingerprint density at radius 1 is 1.48 bits per heavy atom. The van der Waals surface area contributed by atoms with Crippen LogP contribution >= 0.6 is 38.9 Å². The smallest absolute Gasteiger partial charge is 0.259 e. The van der Waals surface area contributed by atoms with Crippen molar-refractivity contribution in [2.75, 3.05) is 11.9 Å². The molecule has 0 saturated carbocycles. The molecule has 1 amide bonds. The molecule has 3 rings (SSSR count). The van der Waals surface area contributed by atoms with E-state index in [4.69, 9.17) is 11.6 Å². The first-order valence-electron chi connectivity index (χ1n) is 6.67. The molecule has 0 aliphatic rings. The molecule has 3 heterocycles. The lowest BCUT2D eigenvalue weighted by atomic mass is 10.2. The Morgan fingerprint density at radius 3 is 2.87 bits per heavy atom. The number of halogens is 2. The fourth-order valence-corrected chi connectivity index (χ4v) is 4.08. The highest BCUT2D eigenvalue weighted by atomic mass is 79.9. The molecule has 23 heavy (non-hydrogen) atoms. The Balaban J connectivity index is 1.94. The first kappa shape index (κ1) is 16.2. The minimum Gasteiger partial charge on any atom is -0.307 e. The molecule has 0 saturated heterocycles. The fourth-order valence-electron chi connectivity index (χ4n) is 2.14. The highest BCUT2D eigenvalue weighted by molar-refractivity contribution is 9.11. The molecule has 0 unspecified atom stereocenters. The van der Waals surface area contributed by atoms with Gasteiger partial charge in [0.1, 0.15) is 5.69 Å². The quantitative estimate of drug-likeness (QED) is 0.644. The van der Waals surface area contributed by atoms with Crippen LogP contribution in [0.1, 0.15) is 15.2 Å². The van der Waals surface area contributed by atoms with E-state index >= 15 is 0 Å². The molecule has 0 fully saturated rings. The van der Waals surface area contributed by atoms with E-state index in [2.05, 4.69) is 26.0 Å². The van der Waals surface area contributed by atoms with Crippen molar-refractivity contribution in [1.29, 1.82) is 0 Å². The summed E-state index contributed by atoms with van der Waals surface area (Å²) < 4.78 is 2.52. The van der Waals surface area contributed by atoms with Gasteiger partial charge < -0.3 is 4.90 Å². The summed E-state index contributed by atoms with van der Waals surface area (Å²) in [5.41, 5.74) is 1.97. The number of pyridine rings is 1. The van der Waals surface area contributed by atoms with Crippen LogP contribution in [0.2, 0.25) is 5.15 Å². The molecule has 0 bridgehead atoms. The molecule has 3 aromatic rings. The lowest BCUT2D eigenvalue weighted by Crippen LogP contribution is -2.26. The summed E-state index contributed by atoms with van der Waals surface area (Å²) in [6.07, 6.45) is 5.07. The van der Waals surface area contributed by atoms with Crippen LogP contribution in [0.15, 0.2) is 40.6 Å². The van der Waals surface area contributed by atoms with E-state index < -0.39 is 0 Å². The molecule has 0 aromatic carbocycles. The van der Waals surface area contributed by atoms with Crippen molar-refractivity contribution in [3.05, 3.63) is 56.2 Å². The van der Waals surface area contributed by atoms with Crippen LogP contribution in [0, 0.1) is 6.92 Å². The minimum absolute atomic E-state index is 0.128. The van der Waals surface area contributed by atoms with Crippen LogP contribution in [0.5, 0.6) is 0 Å². The van der Waals surface area contributed by atoms with Gasteiger partial charge >= 0.3 is 0 Å². The van der Waals surface area contributed by atoms with Gasteiger partial charge in [-0.1, -0.05) is 11.6 Å². The summed E-state index contributed by atoms with van der Waals surface area (Å²) in [5.74, 6) is -0.128. The second-order valence-electron chi connectivity index (χ2n) is 4.85. The van der Waals surface area contributed by atoms with E-state index in [1.54, 1.807) is 30.3 Å². The third-order valence-electron chi connectivity index (χ3n) is 3.35. The number of carbonyl (C=O) groups excluding carboxylic acids is 1. The van der Waals surface area contributed by atoms with Crippen LogP contribution in [-0.2, 0) is 0 Å². The van der Waals surface area contributed by atoms with E-state index in [1.165, 1.54) is 16.2 Å². The largest absolute Gasteiger partial charge is 0.307 e. The maximum atomic E-state index is 12.7. The number of carbonyl (C=O) groups is 1. The molecule has 0 N–H and O–H groups in total. The van der Waals surface area contributed by atoms with Gasteiger partial charge in [-0.25, -0.2) is 4.68 Å². The van der Waals surface area contributed by atoms with Crippen molar-refractivity contribution in [1.82, 2.24) is 14.8 Å². The predicted molar refractivity (Wildman–Crippen MR) is 95.9 cm³/mol. The van der Waals surface area contributed by atoms with Gasteiger partial charge in [0, 0.05) is 18.1 Å². The first-order valence-corrected chi connectivity index (χ1v) is 8.65. The van der Waals surface area contributed by atoms with Crippen molar-refractivity contribution in [2.24, 2.45) is 0 Å². The molecular weight excluding hydrogens is 400 g/mol. The molecule has 8 heteroatoms. The number of amides is 1. The van der Waals surface area contributed by atoms with Crippen molar-refractivity contribution in [3.63, 3.8) is 0 Å². The zero-order valence-electron chi connectivity index (χ0n) is 12.3. The summed E-state index contributed by atoms with van der Waals surface area (Å²) in [7, 11) is 1.68. The lowest BCUT2D eigenvalue weighted by molar-refractivity contribution is 0.0993. The van der Waals surface area contributed by atoms with Gasteiger partial charge in [0.15, 0.2) is 5.15 Å². The first-order chi connectivity index (χ1) is 11.0. The third kappa shape index (κ3) is 3.17. The fraction of sp³-hybridized carbons (Fsp3) is 0.133. The van der Waals surface area contributed by atoms with Gasteiger partial charge in [-0.15, -0.1) is 11.3 Å². The van der Waals surface area contributed by atoms with Gasteiger partial charge in [0.05, 0.1) is 27.4 Å². The Hall–Kier alpha value is -1.70. The summed E-state index contributed by atoms with van der Waals surface area (Å²) in [6.45, 7) is 1.91. The van der Waals surface area contributed by atoms with E-state index in [9.17, 15) is 4.79 Å². The van der Waals surface area contributed by atoms with E-state index in [-0.39, 0.29) is 11.1 Å². The molecule has 118 valence electrons. The topological polar surface area (TPSA) is 51.0 Å². The molecule has 0 atom stereocenters. The number of anilines is 1. The van der Waals surface area contributed by atoms with E-state index in [0.29, 0.717) is 11.3 Å². The number of aromatic nitrogens is 3. The minimum atomic E-state index is -0.128. The summed E-state index contributed by atoms with van der Waals surface area (Å²) >= 11 is 11.1. The van der Waals surface area contributed by atoms with Gasteiger partial charge in [0.25, 0.3) is 5.91 Å². The van der Waals surface area contributed by atoms with E-state index in [1.807, 2.05) is 25.1 Å². The molecule has 3 aromatic heterocycles. The summed E-state index contributed by atoms with van der Waals surface area (Å²) in [5, 5.41) is 4.51. The zero-order valence-corrected chi connectivity index (χ0v) is 15.5. The number of hydrogen-bond acceptors (Lipinski definition) is 4. The van der Waals surface area contributed by atoms with Gasteiger partial charge in [-0.3, -0.25) is 9.78 Å². The Bertz CT molecular complexity index is 862. The van der Waals surface area contributed by atoms with Crippen molar-refractivity contribution in [3.8, 4) is 5.69 Å². The Kier molecular flexibility index (Phi) is 4.52. The van der Waals surface area contributed by atoms with Crippen LogP contribution in [0.4, 0.5) is 5.69 Å². The molecule has 0 aliphatic carbocycles. The molecule has 5 nitrogen and oxygen atoms in total. The molecule has 0 aliphatic heterocycles. The number of aryl methyl sites for hydroxylation is 1. The highest BCUT2D eigenvalue weighted by Gasteiger charge is 2.22. The standard InChI is InChI=1S/C15H12BrClN4OS/c1-9-11(6-13(16)23-9)15(22)20(2)12-8-21(19-14(12)17)10-4-3-5-18-7-10/h3-8H,1-2H3. The normalized spacial score (nSPS) is 10.8. The maximum absolute atomic E-state index is 12.7. The monoisotopic (exact) mass is 410 g/mol. The predicted octanol–water partition coefficient (Wildman–Crippen LogP) is 4.33. The summed E-state index contributed by atoms with van der Waals surface area (Å²) in [4.78, 5) is 19.2. The third-order valence-corrected chi connectivity index (χ3v) is 5.17. The number of thiophene rings is 1. The van der Waals surface area contributed by atoms with Crippen molar-refractivity contribution in [2.45, 2.75) is 6.92 Å². The van der Waals surface area contributed by atoms with Crippen LogP contribution in [0.25, 0.3) is 5.69 Å². The number of rotatable bonds is 3. The highest BCUT2D eigenvalue weighted by Crippen LogP contribution is 2.30. The van der Waals surface area contributed by atoms with Gasteiger partial charge in [-0.2, -0.15) is 5.10 Å². The number of nitrogens with zero attached hydrogens (tertiary/aromatic N) is 4. The van der Waals surface area contributed by atoms with Crippen LogP contribution < -0.4 is 4.90 Å². The molecule has 0 radical (unpaired) electrons. The second kappa shape index (κ2) is 6.43. The maximum Gasteiger partial charge on any atom is 0.259 e. The molecule has 0 spiro atoms. The van der Waals surface area contributed by atoms with Crippen LogP contribution in [0.3, 0.4) is 0 Å². The van der Waals surface area contributed by atoms with Gasteiger partial charge in [-0.05, 0) is 41.1 Å². The van der Waals surface area contributed by atoms with E-state index in [0.717, 1.165) is 14.4 Å². The summed E-state index contributed by atoms with van der Waals surface area (Å²) in [6, 6.07) is 5.49. The number of hydrogen-bond donors (Lipinski definition) is 0. The SMILES string of the molecule is Cc1sc(Br)cc1C(=O)N(C)c1cn(-c2cccnc2)nc1Cl. The average Bonchev–Trinajstić information content (AvgIpc) is 3.09. The van der Waals surface area contributed by atoms with Crippen LogP contribution in [-0.4, -0.2) is 27.7 Å². The second-order valence-corrected chi connectivity index (χ2v) is 7.84. The Morgan fingerprint density at radius 2 is 2.26 bits per heavy atom. The molecular formula is C15H12BrClN4OS. The lowest BCUT2D eigenvalue weighted by Gasteiger charge is -2.15. The van der Waals surface area contributed by atoms with Crippen molar-refractivity contribution < 1.29 is 4.79 Å². The Labute approximate surface area is 150 Å². The van der Waals surface area contributed by atoms with Crippen molar-refractivity contribution >= 4 is 50.5 Å². The zero-order chi connectivity index (χ0) is 16.6.